The van der Waals surface area contributed by atoms with Crippen molar-refractivity contribution in [2.75, 3.05) is 39.9 Å². The first-order valence-corrected chi connectivity index (χ1v) is 8.68. The zero-order chi connectivity index (χ0) is 18.4. The lowest BCUT2D eigenvalue weighted by Crippen LogP contribution is -2.53. The molecule has 1 aliphatic heterocycles. The van der Waals surface area contributed by atoms with Gasteiger partial charge in [-0.15, -0.1) is 0 Å². The van der Waals surface area contributed by atoms with Crippen LogP contribution in [0.25, 0.3) is 0 Å². The van der Waals surface area contributed by atoms with Gasteiger partial charge in [0.1, 0.15) is 0 Å². The number of hydroxylamine groups is 2. The molecule has 1 aromatic carbocycles. The van der Waals surface area contributed by atoms with E-state index in [-0.39, 0.29) is 12.3 Å². The van der Waals surface area contributed by atoms with E-state index in [1.54, 1.807) is 22.2 Å². The van der Waals surface area contributed by atoms with Crippen molar-refractivity contribution in [1.29, 1.82) is 0 Å². The lowest BCUT2D eigenvalue weighted by atomic mass is 10.0. The Morgan fingerprint density at radius 2 is 1.96 bits per heavy atom. The van der Waals surface area contributed by atoms with Crippen LogP contribution < -0.4 is 0 Å². The summed E-state index contributed by atoms with van der Waals surface area (Å²) in [6.45, 7) is 8.22. The number of amides is 1. The van der Waals surface area contributed by atoms with E-state index in [1.165, 1.54) is 0 Å². The predicted octanol–water partition coefficient (Wildman–Crippen LogP) is 1.08. The van der Waals surface area contributed by atoms with Crippen molar-refractivity contribution in [3.63, 3.8) is 0 Å². The third-order valence-corrected chi connectivity index (χ3v) is 4.41. The average molecular weight is 351 g/mol. The molecule has 140 valence electrons. The minimum atomic E-state index is -1.15. The summed E-state index contributed by atoms with van der Waals surface area (Å²) < 4.78 is 5.31. The zero-order valence-electron chi connectivity index (χ0n) is 15.6. The van der Waals surface area contributed by atoms with Gasteiger partial charge in [-0.1, -0.05) is 23.8 Å². The van der Waals surface area contributed by atoms with E-state index in [0.29, 0.717) is 32.8 Å². The smallest absolute Gasteiger partial charge is 0.241 e. The molecule has 7 heteroatoms. The minimum absolute atomic E-state index is 0.0644. The van der Waals surface area contributed by atoms with Crippen LogP contribution in [-0.4, -0.2) is 72.4 Å². The van der Waals surface area contributed by atoms with Crippen LogP contribution in [0.5, 0.6) is 0 Å². The molecular formula is C18H29N3O4. The Kier molecular flexibility index (Phi) is 7.34. The first-order chi connectivity index (χ1) is 12.0. The highest BCUT2D eigenvalue weighted by Crippen LogP contribution is 2.16. The Hall–Kier alpha value is -1.51. The summed E-state index contributed by atoms with van der Waals surface area (Å²) in [6.07, 6.45) is -0.861. The largest absolute Gasteiger partial charge is 0.354 e. The van der Waals surface area contributed by atoms with Crippen LogP contribution in [0.2, 0.25) is 0 Å². The van der Waals surface area contributed by atoms with Gasteiger partial charge in [0.15, 0.2) is 0 Å². The third-order valence-electron chi connectivity index (χ3n) is 4.41. The van der Waals surface area contributed by atoms with Crippen molar-refractivity contribution in [1.82, 2.24) is 15.1 Å². The second kappa shape index (κ2) is 9.26. The molecule has 1 saturated heterocycles. The van der Waals surface area contributed by atoms with E-state index in [9.17, 15) is 9.90 Å². The SMILES string of the molecule is CCOC(O)N1CCN(OC)CCN1C(=O)Cc1cc(C)ccc1C. The van der Waals surface area contributed by atoms with Gasteiger partial charge in [-0.3, -0.25) is 9.80 Å². The first kappa shape index (κ1) is 19.8. The predicted molar refractivity (Wildman–Crippen MR) is 94.3 cm³/mol. The molecule has 0 saturated carbocycles. The van der Waals surface area contributed by atoms with Crippen molar-refractivity contribution in [2.24, 2.45) is 0 Å². The molecule has 1 unspecified atom stereocenters. The number of ether oxygens (including phenoxy) is 1. The van der Waals surface area contributed by atoms with E-state index in [0.717, 1.165) is 16.7 Å². The van der Waals surface area contributed by atoms with Gasteiger partial charge >= 0.3 is 0 Å². The molecular weight excluding hydrogens is 322 g/mol. The van der Waals surface area contributed by atoms with Crippen molar-refractivity contribution < 1.29 is 19.5 Å². The maximum atomic E-state index is 13.0. The topological polar surface area (TPSA) is 65.5 Å². The standard InChI is InChI=1S/C18H29N3O4/c1-5-25-18(23)21-11-9-19(24-4)8-10-20(21)17(22)13-16-12-14(2)6-7-15(16)3/h6-7,12,18,23H,5,8-11,13H2,1-4H3. The van der Waals surface area contributed by atoms with Crippen LogP contribution in [0.1, 0.15) is 23.6 Å². The van der Waals surface area contributed by atoms with Crippen LogP contribution >= 0.6 is 0 Å². The molecule has 0 spiro atoms. The Balaban J connectivity index is 2.17. The summed E-state index contributed by atoms with van der Waals surface area (Å²) in [7, 11) is 1.61. The number of rotatable bonds is 6. The Morgan fingerprint density at radius 3 is 2.64 bits per heavy atom. The summed E-state index contributed by atoms with van der Waals surface area (Å²) in [5.41, 5.74) is 3.22. The fourth-order valence-corrected chi connectivity index (χ4v) is 2.94. The molecule has 7 nitrogen and oxygen atoms in total. The maximum absolute atomic E-state index is 13.0. The zero-order valence-corrected chi connectivity index (χ0v) is 15.6. The highest BCUT2D eigenvalue weighted by atomic mass is 16.7. The number of aliphatic hydroxyl groups is 1. The minimum Gasteiger partial charge on any atom is -0.354 e. The van der Waals surface area contributed by atoms with E-state index < -0.39 is 6.41 Å². The van der Waals surface area contributed by atoms with Crippen LogP contribution in [0.4, 0.5) is 0 Å². The molecule has 1 aliphatic rings. The van der Waals surface area contributed by atoms with Crippen molar-refractivity contribution in [3.8, 4) is 0 Å². The van der Waals surface area contributed by atoms with Gasteiger partial charge in [0.05, 0.1) is 20.1 Å². The van der Waals surface area contributed by atoms with Gasteiger partial charge in [0.25, 0.3) is 0 Å². The molecule has 0 bridgehead atoms. The van der Waals surface area contributed by atoms with Crippen LogP contribution in [0.15, 0.2) is 18.2 Å². The highest BCUT2D eigenvalue weighted by Gasteiger charge is 2.31. The lowest BCUT2D eigenvalue weighted by molar-refractivity contribution is -0.252. The van der Waals surface area contributed by atoms with Crippen molar-refractivity contribution in [3.05, 3.63) is 34.9 Å². The number of hydrogen-bond acceptors (Lipinski definition) is 6. The molecule has 1 heterocycles. The van der Waals surface area contributed by atoms with Crippen molar-refractivity contribution in [2.45, 2.75) is 33.6 Å². The summed E-state index contributed by atoms with van der Waals surface area (Å²) in [6, 6.07) is 6.10. The Bertz CT molecular complexity index is 581. The fraction of sp³-hybridized carbons (Fsp3) is 0.611. The number of hydrogen-bond donors (Lipinski definition) is 1. The number of carbonyl (C=O) groups excluding carboxylic acids is 1. The first-order valence-electron chi connectivity index (χ1n) is 8.68. The number of benzene rings is 1. The normalized spacial score (nSPS) is 18.2. The summed E-state index contributed by atoms with van der Waals surface area (Å²) in [4.78, 5) is 18.2. The van der Waals surface area contributed by atoms with Gasteiger partial charge in [0, 0.05) is 26.2 Å². The number of aliphatic hydroxyl groups excluding tert-OH is 1. The van der Waals surface area contributed by atoms with E-state index in [4.69, 9.17) is 9.57 Å². The molecule has 1 aromatic rings. The van der Waals surface area contributed by atoms with E-state index in [1.807, 2.05) is 39.0 Å². The van der Waals surface area contributed by atoms with Gasteiger partial charge in [-0.2, -0.15) is 10.1 Å². The molecule has 1 amide bonds. The number of carbonyl (C=O) groups is 1. The third kappa shape index (κ3) is 5.23. The van der Waals surface area contributed by atoms with E-state index in [2.05, 4.69) is 0 Å². The monoisotopic (exact) mass is 351 g/mol. The summed E-state index contributed by atoms with van der Waals surface area (Å²) >= 11 is 0. The highest BCUT2D eigenvalue weighted by molar-refractivity contribution is 5.78. The Morgan fingerprint density at radius 1 is 1.24 bits per heavy atom. The van der Waals surface area contributed by atoms with Gasteiger partial charge in [0.2, 0.25) is 12.3 Å². The average Bonchev–Trinajstić information content (AvgIpc) is 2.81. The second-order valence-electron chi connectivity index (χ2n) is 6.18. The van der Waals surface area contributed by atoms with Crippen LogP contribution in [-0.2, 0) is 20.8 Å². The number of hydrazine groups is 1. The lowest BCUT2D eigenvalue weighted by Gasteiger charge is -2.35. The maximum Gasteiger partial charge on any atom is 0.241 e. The number of nitrogens with zero attached hydrogens (tertiary/aromatic N) is 3. The Labute approximate surface area is 149 Å². The van der Waals surface area contributed by atoms with Crippen LogP contribution in [0, 0.1) is 13.8 Å². The van der Waals surface area contributed by atoms with Gasteiger partial charge in [-0.05, 0) is 31.9 Å². The molecule has 0 radical (unpaired) electrons. The number of aryl methyl sites for hydroxylation is 2. The fourth-order valence-electron chi connectivity index (χ4n) is 2.94. The summed E-state index contributed by atoms with van der Waals surface area (Å²) in [5, 5.41) is 15.2. The van der Waals surface area contributed by atoms with Gasteiger partial charge in [-0.25, -0.2) is 0 Å². The molecule has 2 rings (SSSR count). The molecule has 0 aromatic heterocycles. The molecule has 0 aliphatic carbocycles. The molecule has 25 heavy (non-hydrogen) atoms. The molecule has 1 atom stereocenters. The second-order valence-corrected chi connectivity index (χ2v) is 6.18. The van der Waals surface area contributed by atoms with Crippen LogP contribution in [0.3, 0.4) is 0 Å². The van der Waals surface area contributed by atoms with Gasteiger partial charge < -0.3 is 14.7 Å². The quantitative estimate of drug-likeness (QED) is 0.774. The molecule has 1 fully saturated rings. The van der Waals surface area contributed by atoms with Crippen molar-refractivity contribution >= 4 is 5.91 Å². The van der Waals surface area contributed by atoms with E-state index >= 15 is 0 Å². The molecule has 1 N–H and O–H groups in total. The summed E-state index contributed by atoms with van der Waals surface area (Å²) in [5.74, 6) is -0.0644.